The number of nitrogens with zero attached hydrogens (tertiary/aromatic N) is 2. The summed E-state index contributed by atoms with van der Waals surface area (Å²) in [7, 11) is 0. The second kappa shape index (κ2) is 11.4. The van der Waals surface area contributed by atoms with Gasteiger partial charge in [0.25, 0.3) is 11.5 Å². The van der Waals surface area contributed by atoms with Crippen molar-refractivity contribution in [2.24, 2.45) is 5.10 Å². The van der Waals surface area contributed by atoms with Gasteiger partial charge in [0.05, 0.1) is 23.7 Å². The summed E-state index contributed by atoms with van der Waals surface area (Å²) < 4.78 is 25.6. The van der Waals surface area contributed by atoms with Crippen LogP contribution in [0.3, 0.4) is 0 Å². The fourth-order valence-electron chi connectivity index (χ4n) is 3.37. The van der Waals surface area contributed by atoms with Gasteiger partial charge in [-0.2, -0.15) is 5.10 Å². The zero-order valence-electron chi connectivity index (χ0n) is 19.3. The van der Waals surface area contributed by atoms with Crippen LogP contribution >= 0.6 is 27.5 Å². The number of aromatic amines is 1. The molecule has 0 spiro atoms. The van der Waals surface area contributed by atoms with E-state index in [0.29, 0.717) is 25.6 Å². The molecule has 4 aromatic rings. The monoisotopic (exact) mass is 588 g/mol. The molecule has 2 N–H and O–H groups in total. The Morgan fingerprint density at radius 1 is 1.19 bits per heavy atom. The van der Waals surface area contributed by atoms with E-state index in [1.54, 1.807) is 31.2 Å². The molecule has 0 aliphatic rings. The predicted octanol–water partition coefficient (Wildman–Crippen LogP) is 4.54. The number of H-pyrrole nitrogens is 1. The van der Waals surface area contributed by atoms with Gasteiger partial charge >= 0.3 is 5.69 Å². The van der Waals surface area contributed by atoms with Crippen molar-refractivity contribution in [3.8, 4) is 11.5 Å². The first-order chi connectivity index (χ1) is 17.8. The molecule has 0 saturated heterocycles. The van der Waals surface area contributed by atoms with E-state index in [1.807, 2.05) is 0 Å². The maximum Gasteiger partial charge on any atom is 0.349 e. The Morgan fingerprint density at radius 3 is 2.73 bits per heavy atom. The number of carbonyl (C=O) groups excluding carboxylic acids is 1. The molecule has 12 heteroatoms. The van der Waals surface area contributed by atoms with E-state index in [2.05, 4.69) is 31.3 Å². The lowest BCUT2D eigenvalue weighted by Gasteiger charge is -2.16. The van der Waals surface area contributed by atoms with Gasteiger partial charge in [-0.05, 0) is 59.3 Å². The van der Waals surface area contributed by atoms with E-state index in [9.17, 15) is 18.8 Å². The number of rotatable bonds is 8. The topological polar surface area (TPSA) is 115 Å². The van der Waals surface area contributed by atoms with Crippen molar-refractivity contribution >= 4 is 56.2 Å². The average molecular weight is 590 g/mol. The van der Waals surface area contributed by atoms with E-state index in [4.69, 9.17) is 21.1 Å². The molecule has 1 aromatic heterocycles. The third-order valence-electron chi connectivity index (χ3n) is 5.01. The normalized spacial score (nSPS) is 11.1. The van der Waals surface area contributed by atoms with Gasteiger partial charge in [0.15, 0.2) is 18.1 Å². The van der Waals surface area contributed by atoms with Crippen LogP contribution in [-0.4, -0.2) is 35.0 Å². The van der Waals surface area contributed by atoms with E-state index in [-0.39, 0.29) is 28.8 Å². The number of anilines is 1. The number of para-hydroxylation sites is 1. The summed E-state index contributed by atoms with van der Waals surface area (Å²) >= 11 is 9.86. The molecule has 0 atom stereocenters. The van der Waals surface area contributed by atoms with Crippen LogP contribution in [0.2, 0.25) is 5.02 Å². The molecule has 0 saturated carbocycles. The molecule has 0 aliphatic carbocycles. The molecule has 0 bridgehead atoms. The number of hydrogen-bond acceptors (Lipinski definition) is 6. The summed E-state index contributed by atoms with van der Waals surface area (Å²) in [6.07, 6.45) is 1.27. The van der Waals surface area contributed by atoms with Crippen molar-refractivity contribution in [2.45, 2.75) is 6.92 Å². The number of carbonyl (C=O) groups is 1. The SMILES string of the molecule is CCOc1cc(C=Nn2c(=O)[nH]c3ccccc3c2=O)c(Br)c(Cl)c1OCC(=O)Nc1cccc(F)c1. The van der Waals surface area contributed by atoms with Crippen LogP contribution in [0.15, 0.2) is 73.8 Å². The number of fused-ring (bicyclic) bond motifs is 1. The zero-order chi connectivity index (χ0) is 26.5. The minimum Gasteiger partial charge on any atom is -0.490 e. The first-order valence-corrected chi connectivity index (χ1v) is 12.1. The highest BCUT2D eigenvalue weighted by molar-refractivity contribution is 9.10. The average Bonchev–Trinajstić information content (AvgIpc) is 2.86. The molecule has 1 amide bonds. The molecule has 190 valence electrons. The van der Waals surface area contributed by atoms with Crippen LogP contribution in [0.25, 0.3) is 10.9 Å². The summed E-state index contributed by atoms with van der Waals surface area (Å²) in [4.78, 5) is 40.0. The second-order valence-corrected chi connectivity index (χ2v) is 8.71. The quantitative estimate of drug-likeness (QED) is 0.293. The van der Waals surface area contributed by atoms with E-state index in [1.165, 1.54) is 36.5 Å². The molecule has 1 heterocycles. The van der Waals surface area contributed by atoms with Crippen LogP contribution in [0.1, 0.15) is 12.5 Å². The Bertz CT molecular complexity index is 1640. The number of hydrogen-bond donors (Lipinski definition) is 2. The summed E-state index contributed by atoms with van der Waals surface area (Å²) in [6.45, 7) is 1.57. The summed E-state index contributed by atoms with van der Waals surface area (Å²) in [5.74, 6) is -0.742. The van der Waals surface area contributed by atoms with E-state index >= 15 is 0 Å². The van der Waals surface area contributed by atoms with Crippen molar-refractivity contribution in [1.29, 1.82) is 0 Å². The van der Waals surface area contributed by atoms with Gasteiger partial charge in [-0.3, -0.25) is 9.59 Å². The molecular formula is C25H19BrClFN4O5. The van der Waals surface area contributed by atoms with Crippen LogP contribution in [0.5, 0.6) is 11.5 Å². The van der Waals surface area contributed by atoms with Crippen molar-refractivity contribution < 1.29 is 18.7 Å². The van der Waals surface area contributed by atoms with E-state index < -0.39 is 29.6 Å². The molecule has 0 aliphatic heterocycles. The molecule has 4 rings (SSSR count). The Hall–Kier alpha value is -3.96. The Kier molecular flexibility index (Phi) is 8.04. The highest BCUT2D eigenvalue weighted by Gasteiger charge is 2.19. The van der Waals surface area contributed by atoms with Gasteiger partial charge in [-0.25, -0.2) is 9.18 Å². The molecule has 3 aromatic carbocycles. The minimum absolute atomic E-state index is 0.0747. The van der Waals surface area contributed by atoms with Crippen LogP contribution in [0.4, 0.5) is 10.1 Å². The van der Waals surface area contributed by atoms with Gasteiger partial charge in [0, 0.05) is 15.7 Å². The zero-order valence-corrected chi connectivity index (χ0v) is 21.6. The molecule has 9 nitrogen and oxygen atoms in total. The molecule has 0 radical (unpaired) electrons. The van der Waals surface area contributed by atoms with Gasteiger partial charge in [0.1, 0.15) is 10.8 Å². The minimum atomic E-state index is -0.712. The summed E-state index contributed by atoms with van der Waals surface area (Å²) in [5, 5.41) is 6.94. The lowest BCUT2D eigenvalue weighted by molar-refractivity contribution is -0.118. The van der Waals surface area contributed by atoms with Crippen LogP contribution in [-0.2, 0) is 4.79 Å². The van der Waals surface area contributed by atoms with Crippen molar-refractivity contribution in [3.05, 3.63) is 96.3 Å². The summed E-state index contributed by atoms with van der Waals surface area (Å²) in [5.41, 5.74) is -0.251. The molecular weight excluding hydrogens is 571 g/mol. The highest BCUT2D eigenvalue weighted by Crippen LogP contribution is 2.42. The van der Waals surface area contributed by atoms with Gasteiger partial charge in [-0.15, -0.1) is 4.68 Å². The van der Waals surface area contributed by atoms with Gasteiger partial charge in [-0.1, -0.05) is 29.8 Å². The summed E-state index contributed by atoms with van der Waals surface area (Å²) in [6, 6.07) is 13.5. The van der Waals surface area contributed by atoms with E-state index in [0.717, 1.165) is 0 Å². The number of nitrogens with one attached hydrogen (secondary N) is 2. The lowest BCUT2D eigenvalue weighted by atomic mass is 10.2. The number of ether oxygens (including phenoxy) is 2. The predicted molar refractivity (Wildman–Crippen MR) is 143 cm³/mol. The second-order valence-electron chi connectivity index (χ2n) is 7.54. The van der Waals surface area contributed by atoms with Crippen molar-refractivity contribution in [1.82, 2.24) is 9.66 Å². The van der Waals surface area contributed by atoms with Gasteiger partial charge in [0.2, 0.25) is 0 Å². The van der Waals surface area contributed by atoms with Crippen molar-refractivity contribution in [3.63, 3.8) is 0 Å². The van der Waals surface area contributed by atoms with Crippen LogP contribution < -0.4 is 26.0 Å². The first-order valence-electron chi connectivity index (χ1n) is 10.9. The standard InChI is InChI=1S/C25H19BrClFN4O5/c1-2-36-19-10-14(12-29-32-24(34)17-8-3-4-9-18(17)31-25(32)35)21(26)22(27)23(19)37-13-20(33)30-16-7-5-6-15(28)11-16/h3-12H,2,13H2,1H3,(H,30,33)(H,31,35). The smallest absolute Gasteiger partial charge is 0.349 e. The fraction of sp³-hybridized carbons (Fsp3) is 0.120. The van der Waals surface area contributed by atoms with Gasteiger partial charge < -0.3 is 19.8 Å². The number of halogens is 3. The Balaban J connectivity index is 1.61. The third-order valence-corrected chi connectivity index (χ3v) is 6.45. The lowest BCUT2D eigenvalue weighted by Crippen LogP contribution is -2.32. The molecule has 37 heavy (non-hydrogen) atoms. The Labute approximate surface area is 222 Å². The first kappa shape index (κ1) is 26.1. The number of aromatic nitrogens is 2. The molecule has 0 unspecified atom stereocenters. The fourth-order valence-corrected chi connectivity index (χ4v) is 4.03. The Morgan fingerprint density at radius 2 is 1.97 bits per heavy atom. The maximum atomic E-state index is 13.4. The number of amides is 1. The number of benzene rings is 3. The molecule has 0 fully saturated rings. The van der Waals surface area contributed by atoms with Crippen LogP contribution in [0, 0.1) is 5.82 Å². The largest absolute Gasteiger partial charge is 0.490 e. The highest BCUT2D eigenvalue weighted by atomic mass is 79.9. The third kappa shape index (κ3) is 5.89. The maximum absolute atomic E-state index is 13.4. The van der Waals surface area contributed by atoms with Crippen molar-refractivity contribution in [2.75, 3.05) is 18.5 Å².